The van der Waals surface area contributed by atoms with Crippen molar-refractivity contribution in [2.75, 3.05) is 5.32 Å². The van der Waals surface area contributed by atoms with E-state index in [4.69, 9.17) is 11.6 Å². The van der Waals surface area contributed by atoms with Gasteiger partial charge in [-0.3, -0.25) is 4.79 Å². The minimum atomic E-state index is -0.144. The third kappa shape index (κ3) is 3.78. The van der Waals surface area contributed by atoms with Gasteiger partial charge in [-0.1, -0.05) is 39.7 Å². The second-order valence-electron chi connectivity index (χ2n) is 3.58. The van der Waals surface area contributed by atoms with Crippen LogP contribution in [-0.2, 0) is 11.2 Å². The van der Waals surface area contributed by atoms with Crippen molar-refractivity contribution in [2.24, 2.45) is 0 Å². The third-order valence-corrected chi connectivity index (χ3v) is 2.89. The van der Waals surface area contributed by atoms with Gasteiger partial charge in [-0.05, 0) is 17.7 Å². The van der Waals surface area contributed by atoms with Crippen LogP contribution < -0.4 is 5.32 Å². The van der Waals surface area contributed by atoms with Gasteiger partial charge in [0.15, 0.2) is 5.82 Å². The van der Waals surface area contributed by atoms with Gasteiger partial charge in [-0.25, -0.2) is 9.97 Å². The lowest BCUT2D eigenvalue weighted by Gasteiger charge is -2.04. The predicted octanol–water partition coefficient (Wildman–Crippen LogP) is 3.07. The lowest BCUT2D eigenvalue weighted by Crippen LogP contribution is -2.15. The SMILES string of the molecule is O=C(Cc1ccc(Br)cc1)Nc1cnc(Cl)cn1. The number of hydrogen-bond donors (Lipinski definition) is 1. The highest BCUT2D eigenvalue weighted by Gasteiger charge is 2.05. The molecule has 0 fully saturated rings. The van der Waals surface area contributed by atoms with Crippen LogP contribution in [0.2, 0.25) is 5.15 Å². The van der Waals surface area contributed by atoms with Gasteiger partial charge in [0.1, 0.15) is 5.15 Å². The summed E-state index contributed by atoms with van der Waals surface area (Å²) in [5, 5.41) is 2.94. The number of amides is 1. The first-order valence-electron chi connectivity index (χ1n) is 5.15. The van der Waals surface area contributed by atoms with Gasteiger partial charge in [0.05, 0.1) is 18.8 Å². The van der Waals surface area contributed by atoms with Gasteiger partial charge in [-0.15, -0.1) is 0 Å². The monoisotopic (exact) mass is 325 g/mol. The fourth-order valence-corrected chi connectivity index (χ4v) is 1.71. The Balaban J connectivity index is 1.96. The predicted molar refractivity (Wildman–Crippen MR) is 73.5 cm³/mol. The van der Waals surface area contributed by atoms with Crippen molar-refractivity contribution in [1.29, 1.82) is 0 Å². The lowest BCUT2D eigenvalue weighted by molar-refractivity contribution is -0.115. The molecule has 0 spiro atoms. The van der Waals surface area contributed by atoms with E-state index in [1.54, 1.807) is 0 Å². The molecule has 1 N–H and O–H groups in total. The van der Waals surface area contributed by atoms with Gasteiger partial charge >= 0.3 is 0 Å². The summed E-state index contributed by atoms with van der Waals surface area (Å²) in [4.78, 5) is 19.5. The first-order valence-corrected chi connectivity index (χ1v) is 6.32. The van der Waals surface area contributed by atoms with Crippen molar-refractivity contribution < 1.29 is 4.79 Å². The molecular weight excluding hydrogens is 318 g/mol. The zero-order chi connectivity index (χ0) is 13.0. The maximum atomic E-state index is 11.7. The van der Waals surface area contributed by atoms with Crippen LogP contribution in [0.1, 0.15) is 5.56 Å². The summed E-state index contributed by atoms with van der Waals surface area (Å²) >= 11 is 8.94. The molecule has 0 unspecified atom stereocenters. The summed E-state index contributed by atoms with van der Waals surface area (Å²) in [6, 6.07) is 7.56. The molecule has 92 valence electrons. The number of carbonyl (C=O) groups is 1. The molecule has 18 heavy (non-hydrogen) atoms. The molecule has 0 saturated carbocycles. The lowest BCUT2D eigenvalue weighted by atomic mass is 10.1. The van der Waals surface area contributed by atoms with E-state index in [-0.39, 0.29) is 12.3 Å². The van der Waals surface area contributed by atoms with E-state index in [0.717, 1.165) is 10.0 Å². The average molecular weight is 327 g/mol. The smallest absolute Gasteiger partial charge is 0.229 e. The highest BCUT2D eigenvalue weighted by molar-refractivity contribution is 9.10. The van der Waals surface area contributed by atoms with E-state index in [1.807, 2.05) is 24.3 Å². The second-order valence-corrected chi connectivity index (χ2v) is 4.88. The fourth-order valence-electron chi connectivity index (χ4n) is 1.35. The molecule has 6 heteroatoms. The first kappa shape index (κ1) is 13.0. The van der Waals surface area contributed by atoms with Crippen LogP contribution in [0.4, 0.5) is 5.82 Å². The van der Waals surface area contributed by atoms with Gasteiger partial charge < -0.3 is 5.32 Å². The van der Waals surface area contributed by atoms with Crippen LogP contribution in [0.15, 0.2) is 41.1 Å². The Hall–Kier alpha value is -1.46. The summed E-state index contributed by atoms with van der Waals surface area (Å²) in [5.41, 5.74) is 0.928. The maximum Gasteiger partial charge on any atom is 0.229 e. The van der Waals surface area contributed by atoms with E-state index >= 15 is 0 Å². The van der Waals surface area contributed by atoms with Crippen molar-refractivity contribution >= 4 is 39.3 Å². The number of carbonyl (C=O) groups excluding carboxylic acids is 1. The summed E-state index contributed by atoms with van der Waals surface area (Å²) in [7, 11) is 0. The molecule has 2 aromatic rings. The van der Waals surface area contributed by atoms with Crippen molar-refractivity contribution in [2.45, 2.75) is 6.42 Å². The van der Waals surface area contributed by atoms with E-state index < -0.39 is 0 Å². The Morgan fingerprint density at radius 1 is 1.22 bits per heavy atom. The van der Waals surface area contributed by atoms with E-state index in [9.17, 15) is 4.79 Å². The molecule has 4 nitrogen and oxygen atoms in total. The average Bonchev–Trinajstić information content (AvgIpc) is 2.35. The quantitative estimate of drug-likeness (QED) is 0.943. The van der Waals surface area contributed by atoms with E-state index in [2.05, 4.69) is 31.2 Å². The van der Waals surface area contributed by atoms with Crippen molar-refractivity contribution in [3.05, 3.63) is 51.8 Å². The minimum absolute atomic E-state index is 0.144. The molecule has 2 rings (SSSR count). The highest BCUT2D eigenvalue weighted by Crippen LogP contribution is 2.11. The Kier molecular flexibility index (Phi) is 4.28. The van der Waals surface area contributed by atoms with E-state index in [1.165, 1.54) is 12.4 Å². The number of benzene rings is 1. The topological polar surface area (TPSA) is 54.9 Å². The van der Waals surface area contributed by atoms with Crippen molar-refractivity contribution in [1.82, 2.24) is 9.97 Å². The molecule has 0 aliphatic heterocycles. The zero-order valence-electron chi connectivity index (χ0n) is 9.23. The number of rotatable bonds is 3. The number of hydrogen-bond acceptors (Lipinski definition) is 3. The Morgan fingerprint density at radius 2 is 1.94 bits per heavy atom. The Labute approximate surface area is 118 Å². The molecule has 1 heterocycles. The second kappa shape index (κ2) is 5.93. The Morgan fingerprint density at radius 3 is 2.56 bits per heavy atom. The molecule has 1 aromatic carbocycles. The van der Waals surface area contributed by atoms with Crippen molar-refractivity contribution in [3.8, 4) is 0 Å². The number of anilines is 1. The molecule has 0 saturated heterocycles. The van der Waals surface area contributed by atoms with Crippen LogP contribution in [0, 0.1) is 0 Å². The van der Waals surface area contributed by atoms with Crippen LogP contribution >= 0.6 is 27.5 Å². The molecule has 0 aliphatic rings. The molecule has 1 amide bonds. The summed E-state index contributed by atoms with van der Waals surface area (Å²) in [5.74, 6) is 0.246. The molecule has 0 bridgehead atoms. The molecule has 0 atom stereocenters. The van der Waals surface area contributed by atoms with E-state index in [0.29, 0.717) is 11.0 Å². The molecular formula is C12H9BrClN3O. The summed E-state index contributed by atoms with van der Waals surface area (Å²) in [6.07, 6.45) is 3.09. The van der Waals surface area contributed by atoms with Crippen LogP contribution in [0.25, 0.3) is 0 Å². The van der Waals surface area contributed by atoms with Gasteiger partial charge in [0.2, 0.25) is 5.91 Å². The number of nitrogens with one attached hydrogen (secondary N) is 1. The first-order chi connectivity index (χ1) is 8.63. The number of nitrogens with zero attached hydrogens (tertiary/aromatic N) is 2. The van der Waals surface area contributed by atoms with Crippen LogP contribution in [0.5, 0.6) is 0 Å². The van der Waals surface area contributed by atoms with Crippen LogP contribution in [0.3, 0.4) is 0 Å². The minimum Gasteiger partial charge on any atom is -0.309 e. The largest absolute Gasteiger partial charge is 0.309 e. The normalized spacial score (nSPS) is 10.1. The zero-order valence-corrected chi connectivity index (χ0v) is 11.6. The third-order valence-electron chi connectivity index (χ3n) is 2.17. The van der Waals surface area contributed by atoms with Gasteiger partial charge in [0.25, 0.3) is 0 Å². The Bertz CT molecular complexity index is 493. The van der Waals surface area contributed by atoms with Crippen LogP contribution in [-0.4, -0.2) is 15.9 Å². The van der Waals surface area contributed by atoms with Gasteiger partial charge in [0, 0.05) is 4.47 Å². The molecule has 0 aliphatic carbocycles. The fraction of sp³-hybridized carbons (Fsp3) is 0.0833. The summed E-state index contributed by atoms with van der Waals surface area (Å²) < 4.78 is 0.982. The molecule has 0 radical (unpaired) electrons. The number of aromatic nitrogens is 2. The number of halogens is 2. The van der Waals surface area contributed by atoms with Crippen molar-refractivity contribution in [3.63, 3.8) is 0 Å². The summed E-state index contributed by atoms with van der Waals surface area (Å²) in [6.45, 7) is 0. The molecule has 1 aromatic heterocycles. The maximum absolute atomic E-state index is 11.7. The van der Waals surface area contributed by atoms with Gasteiger partial charge in [-0.2, -0.15) is 0 Å². The highest BCUT2D eigenvalue weighted by atomic mass is 79.9. The standard InChI is InChI=1S/C12H9BrClN3O/c13-9-3-1-8(2-4-9)5-12(18)17-11-7-15-10(14)6-16-11/h1-4,6-7H,5H2,(H,16,17,18).